The van der Waals surface area contributed by atoms with E-state index in [9.17, 15) is 5.11 Å². The lowest BCUT2D eigenvalue weighted by atomic mass is 9.58. The summed E-state index contributed by atoms with van der Waals surface area (Å²) in [6, 6.07) is 17.0. The van der Waals surface area contributed by atoms with Gasteiger partial charge in [-0.3, -0.25) is 0 Å². The lowest BCUT2D eigenvalue weighted by molar-refractivity contribution is -0.0452. The molecule has 1 fully saturated rings. The van der Waals surface area contributed by atoms with Crippen molar-refractivity contribution in [3.8, 4) is 0 Å². The molecule has 3 atom stereocenters. The highest BCUT2D eigenvalue weighted by Crippen LogP contribution is 2.55. The zero-order valence-electron chi connectivity index (χ0n) is 17.3. The number of benzene rings is 2. The summed E-state index contributed by atoms with van der Waals surface area (Å²) < 4.78 is 0. The molecule has 0 amide bonds. The van der Waals surface area contributed by atoms with Crippen molar-refractivity contribution in [2.75, 3.05) is 20.1 Å². The van der Waals surface area contributed by atoms with Gasteiger partial charge in [-0.15, -0.1) is 0 Å². The van der Waals surface area contributed by atoms with Crippen LogP contribution in [0.15, 0.2) is 48.5 Å². The van der Waals surface area contributed by atoms with Crippen LogP contribution in [-0.2, 0) is 6.42 Å². The second kappa shape index (κ2) is 7.58. The van der Waals surface area contributed by atoms with Crippen LogP contribution in [0.4, 0.5) is 0 Å². The van der Waals surface area contributed by atoms with Crippen LogP contribution < -0.4 is 0 Å². The predicted molar refractivity (Wildman–Crippen MR) is 117 cm³/mol. The minimum Gasteiger partial charge on any atom is -0.389 e. The molecule has 6 rings (SSSR count). The van der Waals surface area contributed by atoms with Crippen LogP contribution in [-0.4, -0.2) is 45.7 Å². The first-order valence-corrected chi connectivity index (χ1v) is 11.1. The summed E-state index contributed by atoms with van der Waals surface area (Å²) in [6.45, 7) is 1.97. The van der Waals surface area contributed by atoms with Crippen molar-refractivity contribution in [3.63, 3.8) is 0 Å². The van der Waals surface area contributed by atoms with Gasteiger partial charge in [0.15, 0.2) is 0 Å². The first-order valence-electron chi connectivity index (χ1n) is 11.1. The maximum absolute atomic E-state index is 11.5. The molecule has 1 aromatic heterocycles. The summed E-state index contributed by atoms with van der Waals surface area (Å²) in [4.78, 5) is 10.5. The molecule has 2 aromatic carbocycles. The number of aryl methyl sites for hydroxylation is 1. The van der Waals surface area contributed by atoms with Gasteiger partial charge in [0.25, 0.3) is 0 Å². The van der Waals surface area contributed by atoms with E-state index in [1.165, 1.54) is 17.5 Å². The fraction of sp³-hybridized carbons (Fsp3) is 0.480. The van der Waals surface area contributed by atoms with E-state index >= 15 is 0 Å². The molecular formula is C25H31N3O. The molecule has 0 spiro atoms. The van der Waals surface area contributed by atoms with E-state index in [0.717, 1.165) is 62.1 Å². The molecule has 2 bridgehead atoms. The van der Waals surface area contributed by atoms with Gasteiger partial charge in [0.05, 0.1) is 16.6 Å². The Morgan fingerprint density at radius 2 is 1.86 bits per heavy atom. The van der Waals surface area contributed by atoms with Crippen LogP contribution in [0.1, 0.15) is 60.9 Å². The van der Waals surface area contributed by atoms with E-state index < -0.39 is 5.60 Å². The SMILES string of the molecule is CN(CCCc1nc2ccccc2[nH]1)CC[C@@]1(O)C[C@@H]2CC[C@@H]1c1ccccc12. The number of rotatable bonds is 7. The van der Waals surface area contributed by atoms with Crippen molar-refractivity contribution in [3.05, 3.63) is 65.5 Å². The minimum atomic E-state index is -0.537. The lowest BCUT2D eigenvalue weighted by Gasteiger charge is -2.50. The Bertz CT molecular complexity index is 963. The van der Waals surface area contributed by atoms with Crippen LogP contribution >= 0.6 is 0 Å². The normalized spacial score (nSPS) is 25.6. The number of imidazole rings is 1. The van der Waals surface area contributed by atoms with Crippen molar-refractivity contribution < 1.29 is 5.11 Å². The minimum absolute atomic E-state index is 0.313. The summed E-state index contributed by atoms with van der Waals surface area (Å²) in [7, 11) is 2.18. The van der Waals surface area contributed by atoms with Crippen LogP contribution in [0.3, 0.4) is 0 Å². The number of H-pyrrole nitrogens is 1. The number of hydrogen-bond acceptors (Lipinski definition) is 3. The van der Waals surface area contributed by atoms with Crippen LogP contribution in [0, 0.1) is 0 Å². The molecular weight excluding hydrogens is 358 g/mol. The van der Waals surface area contributed by atoms with E-state index in [1.807, 2.05) is 12.1 Å². The molecule has 3 aromatic rings. The van der Waals surface area contributed by atoms with Gasteiger partial charge in [-0.25, -0.2) is 4.98 Å². The van der Waals surface area contributed by atoms with Crippen molar-refractivity contribution >= 4 is 11.0 Å². The number of nitrogens with zero attached hydrogens (tertiary/aromatic N) is 2. The molecule has 152 valence electrons. The zero-order chi connectivity index (χ0) is 19.8. The number of para-hydroxylation sites is 2. The van der Waals surface area contributed by atoms with Gasteiger partial charge in [-0.1, -0.05) is 36.4 Å². The monoisotopic (exact) mass is 389 g/mol. The largest absolute Gasteiger partial charge is 0.389 e. The van der Waals surface area contributed by atoms with Gasteiger partial charge in [0.1, 0.15) is 5.82 Å². The number of aromatic amines is 1. The van der Waals surface area contributed by atoms with Gasteiger partial charge in [0, 0.05) is 18.9 Å². The summed E-state index contributed by atoms with van der Waals surface area (Å²) in [6.07, 6.45) is 6.20. The molecule has 3 aliphatic rings. The Morgan fingerprint density at radius 3 is 2.72 bits per heavy atom. The van der Waals surface area contributed by atoms with Gasteiger partial charge >= 0.3 is 0 Å². The third-order valence-electron chi connectivity index (χ3n) is 7.18. The fourth-order valence-corrected chi connectivity index (χ4v) is 5.63. The van der Waals surface area contributed by atoms with E-state index in [1.54, 1.807) is 0 Å². The average Bonchev–Trinajstić information content (AvgIpc) is 3.16. The standard InChI is InChI=1S/C25H31N3O/c1-28(15-6-11-24-26-22-9-4-5-10-23(22)27-24)16-14-25(29)17-18-12-13-21(25)20-8-3-2-7-19(18)20/h2-5,7-10,18,21,29H,6,11-17H2,1H3,(H,26,27)/t18-,21+,25+/m0/s1. The summed E-state index contributed by atoms with van der Waals surface area (Å²) >= 11 is 0. The Labute approximate surface area is 173 Å². The molecule has 4 nitrogen and oxygen atoms in total. The smallest absolute Gasteiger partial charge is 0.107 e. The third kappa shape index (κ3) is 3.60. The Morgan fingerprint density at radius 1 is 1.07 bits per heavy atom. The van der Waals surface area contributed by atoms with Crippen molar-refractivity contribution in [1.29, 1.82) is 0 Å². The Kier molecular flexibility index (Phi) is 4.92. The van der Waals surface area contributed by atoms with Crippen molar-refractivity contribution in [2.45, 2.75) is 56.0 Å². The number of aromatic nitrogens is 2. The number of nitrogens with one attached hydrogen (secondary N) is 1. The van der Waals surface area contributed by atoms with Gasteiger partial charge in [0.2, 0.25) is 0 Å². The molecule has 4 heteroatoms. The number of hydrogen-bond donors (Lipinski definition) is 2. The van der Waals surface area contributed by atoms with E-state index in [0.29, 0.717) is 11.8 Å². The molecule has 1 saturated carbocycles. The van der Waals surface area contributed by atoms with E-state index in [2.05, 4.69) is 58.3 Å². The summed E-state index contributed by atoms with van der Waals surface area (Å²) in [5.74, 6) is 1.92. The highest BCUT2D eigenvalue weighted by Gasteiger charge is 2.48. The maximum Gasteiger partial charge on any atom is 0.107 e. The Hall–Kier alpha value is -2.17. The maximum atomic E-state index is 11.5. The zero-order valence-corrected chi connectivity index (χ0v) is 17.3. The van der Waals surface area contributed by atoms with Crippen LogP contribution in [0.5, 0.6) is 0 Å². The number of fused-ring (bicyclic) bond motifs is 3. The molecule has 0 unspecified atom stereocenters. The average molecular weight is 390 g/mol. The molecule has 2 N–H and O–H groups in total. The highest BCUT2D eigenvalue weighted by molar-refractivity contribution is 5.74. The second-order valence-electron chi connectivity index (χ2n) is 9.12. The van der Waals surface area contributed by atoms with Gasteiger partial charge in [-0.2, -0.15) is 0 Å². The topological polar surface area (TPSA) is 52.2 Å². The fourth-order valence-electron chi connectivity index (χ4n) is 5.63. The first kappa shape index (κ1) is 18.8. The van der Waals surface area contributed by atoms with Crippen molar-refractivity contribution in [1.82, 2.24) is 14.9 Å². The molecule has 29 heavy (non-hydrogen) atoms. The van der Waals surface area contributed by atoms with E-state index in [4.69, 9.17) is 0 Å². The molecule has 1 heterocycles. The molecule has 0 saturated heterocycles. The Balaban J connectivity index is 1.14. The van der Waals surface area contributed by atoms with Crippen molar-refractivity contribution in [2.24, 2.45) is 0 Å². The molecule has 0 radical (unpaired) electrons. The highest BCUT2D eigenvalue weighted by atomic mass is 16.3. The predicted octanol–water partition coefficient (Wildman–Crippen LogP) is 4.61. The lowest BCUT2D eigenvalue weighted by Crippen LogP contribution is -2.47. The summed E-state index contributed by atoms with van der Waals surface area (Å²) in [5, 5.41) is 11.5. The second-order valence-corrected chi connectivity index (χ2v) is 9.12. The summed E-state index contributed by atoms with van der Waals surface area (Å²) in [5.41, 5.74) is 4.53. The molecule has 3 aliphatic carbocycles. The quantitative estimate of drug-likeness (QED) is 0.620. The first-order chi connectivity index (χ1) is 14.1. The van der Waals surface area contributed by atoms with E-state index in [-0.39, 0.29) is 0 Å². The van der Waals surface area contributed by atoms with Gasteiger partial charge in [-0.05, 0) is 74.9 Å². The number of aliphatic hydroxyl groups is 1. The van der Waals surface area contributed by atoms with Crippen LogP contribution in [0.25, 0.3) is 11.0 Å². The molecule has 0 aliphatic heterocycles. The third-order valence-corrected chi connectivity index (χ3v) is 7.18. The van der Waals surface area contributed by atoms with Crippen LogP contribution in [0.2, 0.25) is 0 Å². The van der Waals surface area contributed by atoms with Gasteiger partial charge < -0.3 is 15.0 Å².